The van der Waals surface area contributed by atoms with E-state index in [1.807, 2.05) is 19.1 Å². The minimum atomic E-state index is 0.674. The second-order valence-corrected chi connectivity index (χ2v) is 4.97. The lowest BCUT2D eigenvalue weighted by Gasteiger charge is -2.20. The number of ether oxygens (including phenoxy) is 1. The van der Waals surface area contributed by atoms with Crippen LogP contribution >= 0.6 is 11.6 Å². The lowest BCUT2D eigenvalue weighted by Crippen LogP contribution is -2.27. The van der Waals surface area contributed by atoms with Gasteiger partial charge in [0, 0.05) is 24.7 Å². The number of hydrogen-bond acceptors (Lipinski definition) is 3. The Kier molecular flexibility index (Phi) is 5.29. The molecule has 1 aromatic rings. The van der Waals surface area contributed by atoms with E-state index >= 15 is 0 Å². The van der Waals surface area contributed by atoms with Crippen LogP contribution in [0, 0.1) is 0 Å². The maximum absolute atomic E-state index is 6.30. The van der Waals surface area contributed by atoms with E-state index in [1.54, 1.807) is 0 Å². The Morgan fingerprint density at radius 2 is 2.22 bits per heavy atom. The van der Waals surface area contributed by atoms with Gasteiger partial charge in [-0.15, -0.1) is 0 Å². The van der Waals surface area contributed by atoms with Crippen molar-refractivity contribution in [2.45, 2.75) is 19.9 Å². The van der Waals surface area contributed by atoms with Crippen LogP contribution in [0.2, 0.25) is 5.02 Å². The highest BCUT2D eigenvalue weighted by molar-refractivity contribution is 6.31. The van der Waals surface area contributed by atoms with E-state index in [0.29, 0.717) is 6.61 Å². The van der Waals surface area contributed by atoms with Crippen molar-refractivity contribution in [3.63, 3.8) is 0 Å². The average Bonchev–Trinajstić information content (AvgIpc) is 2.62. The van der Waals surface area contributed by atoms with Crippen LogP contribution in [0.3, 0.4) is 0 Å². The third-order valence-corrected chi connectivity index (χ3v) is 3.51. The summed E-state index contributed by atoms with van der Waals surface area (Å²) in [5.41, 5.74) is 1.18. The highest BCUT2D eigenvalue weighted by Gasteiger charge is 2.11. The Balaban J connectivity index is 1.99. The molecular formula is C14H21ClN2O. The van der Waals surface area contributed by atoms with E-state index < -0.39 is 0 Å². The molecular weight excluding hydrogens is 248 g/mol. The van der Waals surface area contributed by atoms with Crippen LogP contribution < -0.4 is 10.1 Å². The van der Waals surface area contributed by atoms with E-state index in [1.165, 1.54) is 12.0 Å². The zero-order valence-corrected chi connectivity index (χ0v) is 11.7. The summed E-state index contributed by atoms with van der Waals surface area (Å²) < 4.78 is 5.44. The number of nitrogens with one attached hydrogen (secondary N) is 1. The van der Waals surface area contributed by atoms with Crippen molar-refractivity contribution in [1.82, 2.24) is 10.2 Å². The Labute approximate surface area is 114 Å². The van der Waals surface area contributed by atoms with Gasteiger partial charge in [0.15, 0.2) is 0 Å². The van der Waals surface area contributed by atoms with Crippen molar-refractivity contribution < 1.29 is 4.74 Å². The minimum Gasteiger partial charge on any atom is -0.494 e. The monoisotopic (exact) mass is 268 g/mol. The lowest BCUT2D eigenvalue weighted by atomic mass is 10.2. The van der Waals surface area contributed by atoms with E-state index in [9.17, 15) is 0 Å². The molecule has 0 atom stereocenters. The van der Waals surface area contributed by atoms with E-state index in [0.717, 1.165) is 43.5 Å². The highest BCUT2D eigenvalue weighted by atomic mass is 35.5. The molecule has 1 aliphatic rings. The quantitative estimate of drug-likeness (QED) is 0.908. The van der Waals surface area contributed by atoms with Gasteiger partial charge in [0.2, 0.25) is 0 Å². The molecule has 0 aromatic heterocycles. The van der Waals surface area contributed by atoms with Crippen LogP contribution in [0.5, 0.6) is 5.75 Å². The average molecular weight is 269 g/mol. The zero-order valence-electron chi connectivity index (χ0n) is 10.9. The molecule has 1 saturated heterocycles. The van der Waals surface area contributed by atoms with Gasteiger partial charge in [0.05, 0.1) is 6.61 Å². The Morgan fingerprint density at radius 3 is 3.00 bits per heavy atom. The minimum absolute atomic E-state index is 0.674. The molecule has 0 amide bonds. The summed E-state index contributed by atoms with van der Waals surface area (Å²) in [6, 6.07) is 5.99. The van der Waals surface area contributed by atoms with Gasteiger partial charge in [-0.2, -0.15) is 0 Å². The van der Waals surface area contributed by atoms with Crippen molar-refractivity contribution in [3.8, 4) is 5.75 Å². The number of rotatable bonds is 4. The summed E-state index contributed by atoms with van der Waals surface area (Å²) in [6.45, 7) is 7.98. The fraction of sp³-hybridized carbons (Fsp3) is 0.571. The summed E-state index contributed by atoms with van der Waals surface area (Å²) in [6.07, 6.45) is 1.20. The van der Waals surface area contributed by atoms with Crippen LogP contribution in [-0.4, -0.2) is 37.7 Å². The third-order valence-electron chi connectivity index (χ3n) is 3.16. The van der Waals surface area contributed by atoms with Crippen molar-refractivity contribution in [2.75, 3.05) is 32.8 Å². The summed E-state index contributed by atoms with van der Waals surface area (Å²) in [4.78, 5) is 2.45. The molecule has 18 heavy (non-hydrogen) atoms. The topological polar surface area (TPSA) is 24.5 Å². The zero-order chi connectivity index (χ0) is 12.8. The van der Waals surface area contributed by atoms with Crippen LogP contribution in [0.1, 0.15) is 18.9 Å². The summed E-state index contributed by atoms with van der Waals surface area (Å²) in [5, 5.41) is 4.21. The molecule has 0 aliphatic carbocycles. The van der Waals surface area contributed by atoms with Gasteiger partial charge >= 0.3 is 0 Å². The molecule has 3 nitrogen and oxygen atoms in total. The summed E-state index contributed by atoms with van der Waals surface area (Å²) in [7, 11) is 0. The second kappa shape index (κ2) is 6.98. The standard InChI is InChI=1S/C14H21ClN2O/c1-2-18-13-5-4-12(14(15)10-13)11-17-8-3-6-16-7-9-17/h4-5,10,16H,2-3,6-9,11H2,1H3. The van der Waals surface area contributed by atoms with Crippen molar-refractivity contribution in [1.29, 1.82) is 0 Å². The normalized spacial score (nSPS) is 17.4. The second-order valence-electron chi connectivity index (χ2n) is 4.57. The van der Waals surface area contributed by atoms with Crippen molar-refractivity contribution in [2.24, 2.45) is 0 Å². The molecule has 1 heterocycles. The summed E-state index contributed by atoms with van der Waals surface area (Å²) >= 11 is 6.30. The molecule has 1 aromatic carbocycles. The van der Waals surface area contributed by atoms with Crippen molar-refractivity contribution >= 4 is 11.6 Å². The predicted octanol–water partition coefficient (Wildman–Crippen LogP) is 2.53. The van der Waals surface area contributed by atoms with Gasteiger partial charge in [-0.25, -0.2) is 0 Å². The fourth-order valence-electron chi connectivity index (χ4n) is 2.21. The van der Waals surface area contributed by atoms with E-state index in [4.69, 9.17) is 16.3 Å². The first-order valence-electron chi connectivity index (χ1n) is 6.64. The van der Waals surface area contributed by atoms with Crippen LogP contribution in [0.25, 0.3) is 0 Å². The molecule has 1 fully saturated rings. The molecule has 100 valence electrons. The molecule has 0 radical (unpaired) electrons. The molecule has 0 spiro atoms. The highest BCUT2D eigenvalue weighted by Crippen LogP contribution is 2.24. The summed E-state index contributed by atoms with van der Waals surface area (Å²) in [5.74, 6) is 0.851. The van der Waals surface area contributed by atoms with Crippen LogP contribution in [0.4, 0.5) is 0 Å². The SMILES string of the molecule is CCOc1ccc(CN2CCCNCC2)c(Cl)c1. The van der Waals surface area contributed by atoms with Crippen LogP contribution in [0.15, 0.2) is 18.2 Å². The lowest BCUT2D eigenvalue weighted by molar-refractivity contribution is 0.284. The number of nitrogens with zero attached hydrogens (tertiary/aromatic N) is 1. The van der Waals surface area contributed by atoms with Gasteiger partial charge < -0.3 is 10.1 Å². The fourth-order valence-corrected chi connectivity index (χ4v) is 2.44. The van der Waals surface area contributed by atoms with Gasteiger partial charge in [-0.05, 0) is 44.1 Å². The Bertz CT molecular complexity index is 376. The first-order valence-corrected chi connectivity index (χ1v) is 7.01. The van der Waals surface area contributed by atoms with Gasteiger partial charge in [-0.3, -0.25) is 4.90 Å². The Morgan fingerprint density at radius 1 is 1.33 bits per heavy atom. The molecule has 2 rings (SSSR count). The number of hydrogen-bond donors (Lipinski definition) is 1. The van der Waals surface area contributed by atoms with E-state index in [2.05, 4.69) is 16.3 Å². The predicted molar refractivity (Wildman–Crippen MR) is 75.4 cm³/mol. The number of halogens is 1. The first kappa shape index (κ1) is 13.7. The Hall–Kier alpha value is -0.770. The van der Waals surface area contributed by atoms with E-state index in [-0.39, 0.29) is 0 Å². The molecule has 0 bridgehead atoms. The molecule has 0 unspecified atom stereocenters. The maximum atomic E-state index is 6.30. The maximum Gasteiger partial charge on any atom is 0.120 e. The molecule has 1 aliphatic heterocycles. The first-order chi connectivity index (χ1) is 8.79. The third kappa shape index (κ3) is 3.87. The molecule has 0 saturated carbocycles. The molecule has 1 N–H and O–H groups in total. The van der Waals surface area contributed by atoms with Crippen molar-refractivity contribution in [3.05, 3.63) is 28.8 Å². The smallest absolute Gasteiger partial charge is 0.120 e. The number of benzene rings is 1. The van der Waals surface area contributed by atoms with Crippen LogP contribution in [-0.2, 0) is 6.54 Å². The molecule has 4 heteroatoms. The van der Waals surface area contributed by atoms with Gasteiger partial charge in [0.25, 0.3) is 0 Å². The largest absolute Gasteiger partial charge is 0.494 e. The van der Waals surface area contributed by atoms with Gasteiger partial charge in [-0.1, -0.05) is 17.7 Å². The van der Waals surface area contributed by atoms with Gasteiger partial charge in [0.1, 0.15) is 5.75 Å².